The fourth-order valence-corrected chi connectivity index (χ4v) is 5.05. The molecule has 0 bridgehead atoms. The summed E-state index contributed by atoms with van der Waals surface area (Å²) in [6.07, 6.45) is -2.65. The number of thioether (sulfide) groups is 1. The van der Waals surface area contributed by atoms with Gasteiger partial charge < -0.3 is 20.1 Å². The second-order valence-corrected chi connectivity index (χ2v) is 9.13. The molecule has 2 aromatic carbocycles. The molecule has 33 heavy (non-hydrogen) atoms. The van der Waals surface area contributed by atoms with E-state index in [9.17, 15) is 28.5 Å². The number of hydrogen-bond donors (Lipinski definition) is 3. The van der Waals surface area contributed by atoms with Crippen molar-refractivity contribution >= 4 is 35.0 Å². The van der Waals surface area contributed by atoms with E-state index in [1.165, 1.54) is 6.20 Å². The van der Waals surface area contributed by atoms with Crippen LogP contribution in [0.3, 0.4) is 0 Å². The molecular formula is C20H16Cl2F3N3O4S. The highest BCUT2D eigenvalue weighted by molar-refractivity contribution is 8.00. The quantitative estimate of drug-likeness (QED) is 0.442. The molecule has 0 radical (unpaired) electrons. The summed E-state index contributed by atoms with van der Waals surface area (Å²) in [6, 6.07) is 5.26. The normalized spacial score (nSPS) is 25.4. The highest BCUT2D eigenvalue weighted by Crippen LogP contribution is 2.41. The maximum absolute atomic E-state index is 13.6. The fraction of sp³-hybridized carbons (Fsp3) is 0.300. The molecule has 4 rings (SSSR count). The molecule has 3 N–H and O–H groups in total. The topological polar surface area (TPSA) is 101 Å². The molecule has 0 aliphatic carbocycles. The summed E-state index contributed by atoms with van der Waals surface area (Å²) in [4.78, 5) is 0.497. The third-order valence-corrected chi connectivity index (χ3v) is 7.25. The van der Waals surface area contributed by atoms with Crippen molar-refractivity contribution in [3.05, 3.63) is 64.0 Å². The molecule has 1 aliphatic heterocycles. The van der Waals surface area contributed by atoms with Gasteiger partial charge in [-0.05, 0) is 24.3 Å². The Balaban J connectivity index is 1.65. The van der Waals surface area contributed by atoms with Crippen molar-refractivity contribution in [1.82, 2.24) is 15.0 Å². The molecule has 1 aromatic heterocycles. The van der Waals surface area contributed by atoms with Gasteiger partial charge in [0.2, 0.25) is 0 Å². The number of aliphatic hydroxyl groups is 3. The molecule has 0 amide bonds. The lowest BCUT2D eigenvalue weighted by Crippen LogP contribution is -2.55. The number of nitrogens with zero attached hydrogens (tertiary/aromatic N) is 3. The van der Waals surface area contributed by atoms with Crippen LogP contribution in [0.15, 0.2) is 41.4 Å². The molecule has 176 valence electrons. The molecule has 1 saturated heterocycles. The van der Waals surface area contributed by atoms with Crippen LogP contribution in [0.5, 0.6) is 0 Å². The SMILES string of the molecule is OCC1O[C@H](Sc2cccc(Cl)c2Cl)[C@@H](O)C(n2cc(-c3cc(F)c(F)c(F)c3)nn2)[C@H]1O. The van der Waals surface area contributed by atoms with E-state index < -0.39 is 53.8 Å². The number of halogens is 5. The molecule has 2 heterocycles. The van der Waals surface area contributed by atoms with Crippen molar-refractivity contribution in [3.63, 3.8) is 0 Å². The van der Waals surface area contributed by atoms with Gasteiger partial charge >= 0.3 is 0 Å². The van der Waals surface area contributed by atoms with Crippen LogP contribution in [-0.2, 0) is 4.74 Å². The van der Waals surface area contributed by atoms with Crippen molar-refractivity contribution in [1.29, 1.82) is 0 Å². The van der Waals surface area contributed by atoms with Gasteiger partial charge in [0, 0.05) is 10.5 Å². The van der Waals surface area contributed by atoms with Gasteiger partial charge in [-0.25, -0.2) is 17.9 Å². The first-order valence-electron chi connectivity index (χ1n) is 9.51. The Kier molecular flexibility index (Phi) is 7.20. The summed E-state index contributed by atoms with van der Waals surface area (Å²) in [5, 5.41) is 39.5. The maximum Gasteiger partial charge on any atom is 0.194 e. The van der Waals surface area contributed by atoms with Crippen molar-refractivity contribution < 1.29 is 33.2 Å². The first kappa shape index (κ1) is 24.3. The Labute approximate surface area is 199 Å². The lowest BCUT2D eigenvalue weighted by molar-refractivity contribution is -0.178. The zero-order valence-electron chi connectivity index (χ0n) is 16.4. The Morgan fingerprint density at radius 1 is 1.09 bits per heavy atom. The van der Waals surface area contributed by atoms with Crippen molar-refractivity contribution in [2.75, 3.05) is 6.61 Å². The van der Waals surface area contributed by atoms with Gasteiger partial charge in [0.15, 0.2) is 17.5 Å². The third-order valence-electron chi connectivity index (χ3n) is 5.10. The smallest absolute Gasteiger partial charge is 0.194 e. The van der Waals surface area contributed by atoms with E-state index in [-0.39, 0.29) is 16.3 Å². The van der Waals surface area contributed by atoms with Gasteiger partial charge in [-0.2, -0.15) is 0 Å². The van der Waals surface area contributed by atoms with E-state index in [1.807, 2.05) is 0 Å². The summed E-state index contributed by atoms with van der Waals surface area (Å²) in [6.45, 7) is -0.569. The van der Waals surface area contributed by atoms with E-state index >= 15 is 0 Å². The minimum atomic E-state index is -1.62. The van der Waals surface area contributed by atoms with Crippen LogP contribution in [0.2, 0.25) is 10.0 Å². The predicted octanol–water partition coefficient (Wildman–Crippen LogP) is 3.44. The van der Waals surface area contributed by atoms with E-state index in [0.717, 1.165) is 28.6 Å². The Morgan fingerprint density at radius 2 is 1.79 bits per heavy atom. The monoisotopic (exact) mass is 521 g/mol. The van der Waals surface area contributed by atoms with Crippen LogP contribution >= 0.6 is 35.0 Å². The summed E-state index contributed by atoms with van der Waals surface area (Å²) in [7, 11) is 0. The minimum absolute atomic E-state index is 0.0265. The van der Waals surface area contributed by atoms with Gasteiger partial charge in [0.05, 0.1) is 22.8 Å². The second kappa shape index (κ2) is 9.79. The number of hydrogen-bond acceptors (Lipinski definition) is 7. The van der Waals surface area contributed by atoms with Gasteiger partial charge in [0.25, 0.3) is 0 Å². The van der Waals surface area contributed by atoms with Gasteiger partial charge in [-0.1, -0.05) is 46.2 Å². The molecule has 3 aromatic rings. The molecule has 1 fully saturated rings. The van der Waals surface area contributed by atoms with Crippen LogP contribution < -0.4 is 0 Å². The van der Waals surface area contributed by atoms with E-state index in [0.29, 0.717) is 9.92 Å². The molecule has 2 unspecified atom stereocenters. The highest BCUT2D eigenvalue weighted by Gasteiger charge is 2.46. The molecule has 1 aliphatic rings. The molecular weight excluding hydrogens is 506 g/mol. The van der Waals surface area contributed by atoms with Crippen LogP contribution in [0.25, 0.3) is 11.3 Å². The van der Waals surface area contributed by atoms with Gasteiger partial charge in [-0.3, -0.25) is 0 Å². The lowest BCUT2D eigenvalue weighted by atomic mass is 9.97. The average molecular weight is 522 g/mol. The number of benzene rings is 2. The standard InChI is InChI=1S/C20H16Cl2F3N3O4S/c21-9-2-1-3-14(15(9)22)33-20-19(31)17(18(30)13(7-29)32-20)28-6-12(26-27-28)8-4-10(23)16(25)11(24)5-8/h1-6,13,17-20,29-31H,7H2/t13?,17?,18-,19-,20+/m0/s1. The molecule has 13 heteroatoms. The lowest BCUT2D eigenvalue weighted by Gasteiger charge is -2.41. The van der Waals surface area contributed by atoms with E-state index in [2.05, 4.69) is 10.3 Å². The Bertz CT molecular complexity index is 1150. The van der Waals surface area contributed by atoms with Crippen LogP contribution in [0, 0.1) is 17.5 Å². The molecule has 5 atom stereocenters. The summed E-state index contributed by atoms with van der Waals surface area (Å²) in [5.74, 6) is -4.42. The first-order valence-corrected chi connectivity index (χ1v) is 11.1. The van der Waals surface area contributed by atoms with E-state index in [4.69, 9.17) is 27.9 Å². The number of aliphatic hydroxyl groups excluding tert-OH is 3. The number of ether oxygens (including phenoxy) is 1. The minimum Gasteiger partial charge on any atom is -0.394 e. The maximum atomic E-state index is 13.6. The second-order valence-electron chi connectivity index (χ2n) is 7.20. The predicted molar refractivity (Wildman–Crippen MR) is 114 cm³/mol. The summed E-state index contributed by atoms with van der Waals surface area (Å²) < 4.78 is 47.2. The largest absolute Gasteiger partial charge is 0.394 e. The highest BCUT2D eigenvalue weighted by atomic mass is 35.5. The van der Waals surface area contributed by atoms with Crippen molar-refractivity contribution in [3.8, 4) is 11.3 Å². The number of rotatable bonds is 5. The molecule has 7 nitrogen and oxygen atoms in total. The molecule has 0 spiro atoms. The third kappa shape index (κ3) is 4.72. The Hall–Kier alpha value is -1.86. The first-order chi connectivity index (χ1) is 15.7. The van der Waals surface area contributed by atoms with Crippen LogP contribution in [0.4, 0.5) is 13.2 Å². The molecule has 0 saturated carbocycles. The number of aromatic nitrogens is 3. The zero-order valence-corrected chi connectivity index (χ0v) is 18.8. The fourth-order valence-electron chi connectivity index (χ4n) is 3.44. The van der Waals surface area contributed by atoms with E-state index in [1.54, 1.807) is 18.2 Å². The van der Waals surface area contributed by atoms with Gasteiger partial charge in [0.1, 0.15) is 35.5 Å². The van der Waals surface area contributed by atoms with Crippen LogP contribution in [-0.4, -0.2) is 60.7 Å². The van der Waals surface area contributed by atoms with Crippen molar-refractivity contribution in [2.45, 2.75) is 34.7 Å². The van der Waals surface area contributed by atoms with Crippen molar-refractivity contribution in [2.24, 2.45) is 0 Å². The van der Waals surface area contributed by atoms with Crippen LogP contribution in [0.1, 0.15) is 6.04 Å². The summed E-state index contributed by atoms with van der Waals surface area (Å²) in [5.41, 5.74) is -1.12. The zero-order chi connectivity index (χ0) is 23.9. The Morgan fingerprint density at radius 3 is 2.45 bits per heavy atom. The average Bonchev–Trinajstić information content (AvgIpc) is 3.26. The summed E-state index contributed by atoms with van der Waals surface area (Å²) >= 11 is 13.3. The van der Waals surface area contributed by atoms with Gasteiger partial charge in [-0.15, -0.1) is 5.10 Å².